The van der Waals surface area contributed by atoms with Gasteiger partial charge in [-0.05, 0) is 178 Å². The summed E-state index contributed by atoms with van der Waals surface area (Å²) in [4.78, 5) is 0.0567. The number of azo groups is 3. The van der Waals surface area contributed by atoms with Crippen molar-refractivity contribution in [2.24, 2.45) is 25.6 Å². The largest absolute Gasteiger partial charge is 0.594 e. The number of benzene rings is 10. The lowest BCUT2D eigenvalue weighted by Crippen LogP contribution is -2.01. The first-order valence-corrected chi connectivity index (χ1v) is 35.7. The molecule has 10 aromatic rings. The Morgan fingerprint density at radius 3 is 1.45 bits per heavy atom. The van der Waals surface area contributed by atoms with Crippen molar-refractivity contribution in [3.05, 3.63) is 208 Å². The molecule has 0 unspecified atom stereocenters. The zero-order valence-corrected chi connectivity index (χ0v) is 57.9. The Morgan fingerprint density at radius 1 is 0.431 bits per heavy atom. The van der Waals surface area contributed by atoms with Crippen LogP contribution in [0.2, 0.25) is 0 Å². The molecule has 0 amide bonds. The third-order valence-electron chi connectivity index (χ3n) is 14.0. The second-order valence-electron chi connectivity index (χ2n) is 20.7. The fraction of sp³-hybridized carbons (Fsp3) is 0.0476. The number of aromatic hydroxyl groups is 2. The van der Waals surface area contributed by atoms with Crippen LogP contribution in [0.4, 0.5) is 51.2 Å². The van der Waals surface area contributed by atoms with Crippen molar-refractivity contribution >= 4 is 176 Å². The predicted octanol–water partition coefficient (Wildman–Crippen LogP) is 18.0. The number of hydrogen-bond acceptors (Lipinski definition) is 32. The first-order chi connectivity index (χ1) is 48.8. The Bertz CT molecular complexity index is 5290. The summed E-state index contributed by atoms with van der Waals surface area (Å²) in [5, 5.41) is 111. The average molecular weight is 1530 g/mol. The number of hydrogen-bond donors (Lipinski definition) is 11. The molecule has 0 spiro atoms. The van der Waals surface area contributed by atoms with Crippen molar-refractivity contribution in [1.29, 1.82) is 0 Å². The molecule has 102 heavy (non-hydrogen) atoms. The number of nitrogens with one attached hydrogen (secondary N) is 2. The van der Waals surface area contributed by atoms with Gasteiger partial charge in [-0.3, -0.25) is 13.7 Å². The highest BCUT2D eigenvalue weighted by Gasteiger charge is 2.24. The van der Waals surface area contributed by atoms with E-state index in [1.165, 1.54) is 79.9 Å². The lowest BCUT2D eigenvalue weighted by molar-refractivity contribution is -0.440. The molecule has 0 saturated heterocycles. The average Bonchev–Trinajstić information content (AvgIpc) is 0.776. The summed E-state index contributed by atoms with van der Waals surface area (Å²) in [6.07, 6.45) is 5.77. The number of phenols is 2. The van der Waals surface area contributed by atoms with Crippen LogP contribution < -0.4 is 10.6 Å². The molecule has 0 aliphatic carbocycles. The van der Waals surface area contributed by atoms with Crippen molar-refractivity contribution in [3.63, 3.8) is 0 Å². The fourth-order valence-electron chi connectivity index (χ4n) is 9.49. The summed E-state index contributed by atoms with van der Waals surface area (Å²) in [5.74, 6) is -0.881. The maximum Gasteiger partial charge on any atom is 0.296 e. The van der Waals surface area contributed by atoms with Crippen LogP contribution in [-0.4, -0.2) is 82.1 Å². The van der Waals surface area contributed by atoms with Crippen molar-refractivity contribution in [3.8, 4) is 11.5 Å². The molecule has 0 aromatic heterocycles. The minimum absolute atomic E-state index is 0.0224. The molecule has 0 heterocycles. The topological polar surface area (TPSA) is 470 Å². The van der Waals surface area contributed by atoms with E-state index in [4.69, 9.17) is 21.0 Å². The summed E-state index contributed by atoms with van der Waals surface area (Å²) in [6.45, 7) is 3.69. The van der Waals surface area contributed by atoms with E-state index < -0.39 is 51.6 Å². The maximum atomic E-state index is 12.4. The standard InChI is InChI=1S/C32H27N3O10S3.C31H25N5O14S4/c1-19-4-3-5-24(14-19)33-25-12-13-27-23(16-25)17-29(47-45-43-38)31(32(27)36)35-34-26-11-10-21(28(18-26)46-44-42-37)8-9-22-7-6-20(2)15-30(22)48(39,40)41;1-32-36(38)24-11-8-18(27(17-24)52-50-48-40)5-6-19-7-9-23(16-28(19)53(41,42)43)34-35-30-29(54(44,45)46)14-20-13-22(10-12-26(20)31(30)37)33-21-3-2-4-25(15-21)51-49-47-39/h3-18,33,36-38H,1-2H3,(H,39,40,41);2-17,33,37,39-40H,1H3,(H,41,42,43)(H,44,45,46)/b9-8+,35-34?;6-5+,35-34?,36-32?. The Hall–Kier alpha value is -9.35. The molecule has 0 fully saturated rings. The molecule has 0 bridgehead atoms. The van der Waals surface area contributed by atoms with Gasteiger partial charge in [0.15, 0.2) is 11.5 Å². The van der Waals surface area contributed by atoms with Crippen LogP contribution in [0.5, 0.6) is 11.5 Å². The zero-order chi connectivity index (χ0) is 73.3. The van der Waals surface area contributed by atoms with Crippen molar-refractivity contribution in [2.75, 3.05) is 17.7 Å². The Labute approximate surface area is 595 Å². The molecular formula is C63H52N8O24S7. The second kappa shape index (κ2) is 35.0. The summed E-state index contributed by atoms with van der Waals surface area (Å²) in [5.41, 5.74) is 5.03. The Morgan fingerprint density at radius 2 is 0.882 bits per heavy atom. The summed E-state index contributed by atoms with van der Waals surface area (Å²) in [6, 6.07) is 44.2. The van der Waals surface area contributed by atoms with E-state index in [-0.39, 0.29) is 65.1 Å². The number of aryl methyl sites for hydroxylation is 2. The van der Waals surface area contributed by atoms with Crippen molar-refractivity contribution in [2.45, 2.75) is 48.1 Å². The quantitative estimate of drug-likeness (QED) is 0.00413. The van der Waals surface area contributed by atoms with E-state index in [1.807, 2.05) is 37.3 Å². The van der Waals surface area contributed by atoms with Crippen LogP contribution in [0.25, 0.3) is 45.8 Å². The van der Waals surface area contributed by atoms with Crippen molar-refractivity contribution in [1.82, 2.24) is 0 Å². The minimum atomic E-state index is -5.01. The van der Waals surface area contributed by atoms with Gasteiger partial charge in [-0.2, -0.15) is 35.5 Å². The smallest absolute Gasteiger partial charge is 0.296 e. The molecule has 0 atom stereocenters. The van der Waals surface area contributed by atoms with Gasteiger partial charge in [-0.15, -0.1) is 27.6 Å². The SMILES string of the molecule is CN=[N+]([O-])c1ccc(/C=C/c2ccc(N=Nc3c(S(=O)(=O)O)cc4cc(Nc5cccc(SOOO)c5)ccc4c3O)cc2S(=O)(=O)O)c(SOOO)c1.Cc1cccc(Nc2ccc3c(O)c(N=Nc4ccc(/C=C/c5ccc(C)cc5S(=O)(=O)O)c(SOOO)c4)c(SOOO)cc3c2)c1. The summed E-state index contributed by atoms with van der Waals surface area (Å²) < 4.78 is 121. The molecule has 530 valence electrons. The molecule has 0 saturated carbocycles. The highest BCUT2D eigenvalue weighted by atomic mass is 32.2. The first-order valence-electron chi connectivity index (χ1n) is 28.4. The normalized spacial score (nSPS) is 12.4. The van der Waals surface area contributed by atoms with E-state index in [1.54, 1.807) is 85.8 Å². The van der Waals surface area contributed by atoms with Crippen LogP contribution in [-0.2, 0) is 67.8 Å². The minimum Gasteiger partial charge on any atom is -0.594 e. The third-order valence-corrected chi connectivity index (χ3v) is 19.2. The summed E-state index contributed by atoms with van der Waals surface area (Å²) in [7, 11) is -13.1. The monoisotopic (exact) mass is 1530 g/mol. The fourth-order valence-corrected chi connectivity index (χ4v) is 13.5. The number of fused-ring (bicyclic) bond motifs is 2. The summed E-state index contributed by atoms with van der Waals surface area (Å²) >= 11 is 2.50. The van der Waals surface area contributed by atoms with Crippen LogP contribution >= 0.6 is 48.2 Å². The lowest BCUT2D eigenvalue weighted by Gasteiger charge is -2.12. The molecule has 11 N–H and O–H groups in total. The van der Waals surface area contributed by atoms with Crippen LogP contribution in [0.3, 0.4) is 0 Å². The lowest BCUT2D eigenvalue weighted by atomic mass is 10.1. The van der Waals surface area contributed by atoms with Crippen LogP contribution in [0.15, 0.2) is 230 Å². The molecule has 0 aliphatic heterocycles. The van der Waals surface area contributed by atoms with Crippen molar-refractivity contribution < 1.29 is 113 Å². The molecule has 0 radical (unpaired) electrons. The van der Waals surface area contributed by atoms with Gasteiger partial charge in [-0.1, -0.05) is 91.8 Å². The van der Waals surface area contributed by atoms with E-state index in [2.05, 4.69) is 73.7 Å². The molecule has 32 nitrogen and oxygen atoms in total. The zero-order valence-electron chi connectivity index (χ0n) is 52.2. The molecule has 10 rings (SSSR count). The number of nitrogens with zero attached hydrogens (tertiary/aromatic N) is 6. The van der Waals surface area contributed by atoms with E-state index >= 15 is 0 Å². The van der Waals surface area contributed by atoms with E-state index in [0.717, 1.165) is 41.1 Å². The first kappa shape index (κ1) is 76.8. The van der Waals surface area contributed by atoms with Gasteiger partial charge in [0.2, 0.25) is 5.69 Å². The Kier molecular flexibility index (Phi) is 26.4. The van der Waals surface area contributed by atoms with Gasteiger partial charge in [0.25, 0.3) is 30.4 Å². The Balaban J connectivity index is 0.000000239. The second-order valence-corrected chi connectivity index (χ2v) is 27.9. The van der Waals surface area contributed by atoms with Crippen LogP contribution in [0.1, 0.15) is 33.4 Å². The third kappa shape index (κ3) is 20.5. The van der Waals surface area contributed by atoms with Gasteiger partial charge in [0, 0.05) is 55.4 Å². The number of anilines is 4. The van der Waals surface area contributed by atoms with Gasteiger partial charge in [0.05, 0.1) is 76.4 Å². The van der Waals surface area contributed by atoms with Gasteiger partial charge in [0.1, 0.15) is 26.1 Å². The van der Waals surface area contributed by atoms with Crippen LogP contribution in [0, 0.1) is 19.1 Å². The molecule has 39 heteroatoms. The molecule has 10 aromatic carbocycles. The van der Waals surface area contributed by atoms with Gasteiger partial charge in [-0.25, -0.2) is 21.0 Å². The molecule has 0 aliphatic rings. The maximum absolute atomic E-state index is 12.4. The highest BCUT2D eigenvalue weighted by Crippen LogP contribution is 2.46. The molecular weight excluding hydrogens is 1480 g/mol. The van der Waals surface area contributed by atoms with Gasteiger partial charge < -0.3 is 26.1 Å². The van der Waals surface area contributed by atoms with E-state index in [0.29, 0.717) is 89.6 Å². The van der Waals surface area contributed by atoms with Gasteiger partial charge >= 0.3 is 0 Å². The number of phenolic OH excluding ortho intramolecular Hbond substituents is 2. The highest BCUT2D eigenvalue weighted by molar-refractivity contribution is 7.95. The predicted molar refractivity (Wildman–Crippen MR) is 376 cm³/mol. The number of rotatable bonds is 28. The van der Waals surface area contributed by atoms with E-state index in [9.17, 15) is 54.3 Å².